The first-order valence-electron chi connectivity index (χ1n) is 4.64. The Balaban J connectivity index is 2.24. The number of aldehydes is 1. The summed E-state index contributed by atoms with van der Waals surface area (Å²) < 4.78 is 5.54. The van der Waals surface area contributed by atoms with Gasteiger partial charge in [0.1, 0.15) is 6.29 Å². The van der Waals surface area contributed by atoms with Crippen LogP contribution < -0.4 is 0 Å². The van der Waals surface area contributed by atoms with Crippen molar-refractivity contribution in [1.82, 2.24) is 4.90 Å². The van der Waals surface area contributed by atoms with Gasteiger partial charge in [0, 0.05) is 13.1 Å². The van der Waals surface area contributed by atoms with E-state index in [2.05, 4.69) is 11.8 Å². The van der Waals surface area contributed by atoms with Gasteiger partial charge in [0.25, 0.3) is 0 Å². The zero-order valence-corrected chi connectivity index (χ0v) is 7.66. The highest BCUT2D eigenvalue weighted by Gasteiger charge is 2.18. The molecule has 0 aliphatic carbocycles. The van der Waals surface area contributed by atoms with Crippen molar-refractivity contribution in [3.05, 3.63) is 0 Å². The number of carbonyl (C=O) groups excluding carboxylic acids is 1. The molecule has 12 heavy (non-hydrogen) atoms. The van der Waals surface area contributed by atoms with Gasteiger partial charge in [-0.25, -0.2) is 0 Å². The van der Waals surface area contributed by atoms with Crippen LogP contribution in [0.4, 0.5) is 0 Å². The average molecular weight is 171 g/mol. The first-order chi connectivity index (χ1) is 5.86. The van der Waals surface area contributed by atoms with E-state index >= 15 is 0 Å². The van der Waals surface area contributed by atoms with Crippen molar-refractivity contribution in [3.8, 4) is 0 Å². The highest BCUT2D eigenvalue weighted by molar-refractivity contribution is 5.51. The third-order valence-electron chi connectivity index (χ3n) is 2.17. The van der Waals surface area contributed by atoms with Crippen LogP contribution in [0.3, 0.4) is 0 Å². The molecule has 1 unspecified atom stereocenters. The van der Waals surface area contributed by atoms with Gasteiger partial charge in [0.15, 0.2) is 0 Å². The van der Waals surface area contributed by atoms with Crippen LogP contribution in [-0.4, -0.2) is 43.5 Å². The number of nitrogens with zero attached hydrogens (tertiary/aromatic N) is 1. The summed E-state index contributed by atoms with van der Waals surface area (Å²) in [5.74, 6) is 0. The molecule has 0 aromatic heterocycles. The second-order valence-electron chi connectivity index (χ2n) is 3.21. The maximum absolute atomic E-state index is 10.3. The van der Waals surface area contributed by atoms with E-state index in [1.807, 2.05) is 0 Å². The van der Waals surface area contributed by atoms with E-state index < -0.39 is 0 Å². The smallest absolute Gasteiger partial charge is 0.133 e. The summed E-state index contributed by atoms with van der Waals surface area (Å²) in [5.41, 5.74) is 0. The lowest BCUT2D eigenvalue weighted by molar-refractivity contribution is -0.111. The lowest BCUT2D eigenvalue weighted by Gasteiger charge is -2.31. The second kappa shape index (κ2) is 5.27. The number of rotatable bonds is 4. The van der Waals surface area contributed by atoms with Gasteiger partial charge in [-0.3, -0.25) is 4.90 Å². The SMILES string of the molecule is CCCC1CN(CC=O)CCO1. The molecule has 0 bridgehead atoms. The van der Waals surface area contributed by atoms with E-state index in [0.717, 1.165) is 38.8 Å². The quantitative estimate of drug-likeness (QED) is 0.583. The molecule has 0 saturated carbocycles. The lowest BCUT2D eigenvalue weighted by Crippen LogP contribution is -2.43. The monoisotopic (exact) mass is 171 g/mol. The Bertz CT molecular complexity index is 136. The fraction of sp³-hybridized carbons (Fsp3) is 0.889. The van der Waals surface area contributed by atoms with E-state index in [9.17, 15) is 4.79 Å². The van der Waals surface area contributed by atoms with Crippen molar-refractivity contribution < 1.29 is 9.53 Å². The Morgan fingerprint density at radius 3 is 3.17 bits per heavy atom. The zero-order valence-electron chi connectivity index (χ0n) is 7.66. The van der Waals surface area contributed by atoms with E-state index in [-0.39, 0.29) is 0 Å². The molecular formula is C9H17NO2. The van der Waals surface area contributed by atoms with Gasteiger partial charge in [-0.15, -0.1) is 0 Å². The fourth-order valence-corrected chi connectivity index (χ4v) is 1.55. The van der Waals surface area contributed by atoms with E-state index in [1.165, 1.54) is 0 Å². The van der Waals surface area contributed by atoms with Crippen LogP contribution in [0.15, 0.2) is 0 Å². The summed E-state index contributed by atoms with van der Waals surface area (Å²) in [4.78, 5) is 12.4. The van der Waals surface area contributed by atoms with Gasteiger partial charge < -0.3 is 9.53 Å². The van der Waals surface area contributed by atoms with Crippen molar-refractivity contribution in [2.75, 3.05) is 26.2 Å². The molecule has 0 aromatic carbocycles. The maximum Gasteiger partial charge on any atom is 0.133 e. The first-order valence-corrected chi connectivity index (χ1v) is 4.64. The lowest BCUT2D eigenvalue weighted by atomic mass is 10.2. The predicted octanol–water partition coefficient (Wildman–Crippen LogP) is 0.686. The molecule has 3 heteroatoms. The third-order valence-corrected chi connectivity index (χ3v) is 2.17. The molecule has 0 aromatic rings. The minimum Gasteiger partial charge on any atom is -0.376 e. The van der Waals surface area contributed by atoms with Crippen molar-refractivity contribution in [1.29, 1.82) is 0 Å². The maximum atomic E-state index is 10.3. The molecule has 1 rings (SSSR count). The standard InChI is InChI=1S/C9H17NO2/c1-2-3-9-8-10(4-6-11)5-7-12-9/h6,9H,2-5,7-8H2,1H3. The molecular weight excluding hydrogens is 154 g/mol. The Morgan fingerprint density at radius 1 is 1.67 bits per heavy atom. The normalized spacial score (nSPS) is 25.6. The van der Waals surface area contributed by atoms with Gasteiger partial charge in [-0.1, -0.05) is 13.3 Å². The fourth-order valence-electron chi connectivity index (χ4n) is 1.55. The number of carbonyl (C=O) groups is 1. The first kappa shape index (κ1) is 9.68. The Hall–Kier alpha value is -0.410. The number of hydrogen-bond acceptors (Lipinski definition) is 3. The Morgan fingerprint density at radius 2 is 2.50 bits per heavy atom. The van der Waals surface area contributed by atoms with Crippen LogP contribution >= 0.6 is 0 Å². The molecule has 1 aliphatic heterocycles. The van der Waals surface area contributed by atoms with Crippen LogP contribution in [-0.2, 0) is 9.53 Å². The van der Waals surface area contributed by atoms with Crippen LogP contribution in [0, 0.1) is 0 Å². The van der Waals surface area contributed by atoms with E-state index in [0.29, 0.717) is 12.6 Å². The zero-order chi connectivity index (χ0) is 8.81. The van der Waals surface area contributed by atoms with E-state index in [4.69, 9.17) is 4.74 Å². The molecule has 0 spiro atoms. The van der Waals surface area contributed by atoms with E-state index in [1.54, 1.807) is 0 Å². The van der Waals surface area contributed by atoms with Gasteiger partial charge in [-0.2, -0.15) is 0 Å². The average Bonchev–Trinajstić information content (AvgIpc) is 2.06. The number of hydrogen-bond donors (Lipinski definition) is 0. The van der Waals surface area contributed by atoms with Crippen LogP contribution in [0.5, 0.6) is 0 Å². The summed E-state index contributed by atoms with van der Waals surface area (Å²) >= 11 is 0. The molecule has 1 fully saturated rings. The molecule has 0 N–H and O–H groups in total. The molecule has 1 aliphatic rings. The molecule has 0 amide bonds. The Kier molecular flexibility index (Phi) is 4.25. The van der Waals surface area contributed by atoms with Gasteiger partial charge in [0.2, 0.25) is 0 Å². The summed E-state index contributed by atoms with van der Waals surface area (Å²) in [6.45, 7) is 5.32. The minimum absolute atomic E-state index is 0.351. The van der Waals surface area contributed by atoms with Crippen molar-refractivity contribution in [2.24, 2.45) is 0 Å². The van der Waals surface area contributed by atoms with Crippen molar-refractivity contribution >= 4 is 6.29 Å². The van der Waals surface area contributed by atoms with Crippen molar-refractivity contribution in [2.45, 2.75) is 25.9 Å². The molecule has 1 atom stereocenters. The highest BCUT2D eigenvalue weighted by atomic mass is 16.5. The summed E-state index contributed by atoms with van der Waals surface area (Å²) in [6.07, 6.45) is 3.58. The largest absolute Gasteiger partial charge is 0.376 e. The molecule has 1 saturated heterocycles. The summed E-state index contributed by atoms with van der Waals surface area (Å²) in [7, 11) is 0. The summed E-state index contributed by atoms with van der Waals surface area (Å²) in [6, 6.07) is 0. The van der Waals surface area contributed by atoms with Crippen LogP contribution in [0.2, 0.25) is 0 Å². The topological polar surface area (TPSA) is 29.5 Å². The predicted molar refractivity (Wildman–Crippen MR) is 47.2 cm³/mol. The molecule has 0 radical (unpaired) electrons. The summed E-state index contributed by atoms with van der Waals surface area (Å²) in [5, 5.41) is 0. The number of morpholine rings is 1. The minimum atomic E-state index is 0.351. The molecule has 3 nitrogen and oxygen atoms in total. The van der Waals surface area contributed by atoms with Crippen LogP contribution in [0.25, 0.3) is 0 Å². The van der Waals surface area contributed by atoms with Crippen molar-refractivity contribution in [3.63, 3.8) is 0 Å². The van der Waals surface area contributed by atoms with Gasteiger partial charge in [0.05, 0.1) is 19.3 Å². The number of ether oxygens (including phenoxy) is 1. The third kappa shape index (κ3) is 2.91. The molecule has 1 heterocycles. The van der Waals surface area contributed by atoms with Gasteiger partial charge >= 0.3 is 0 Å². The molecule has 70 valence electrons. The Labute approximate surface area is 73.7 Å². The van der Waals surface area contributed by atoms with Gasteiger partial charge in [-0.05, 0) is 6.42 Å². The highest BCUT2D eigenvalue weighted by Crippen LogP contribution is 2.09. The second-order valence-corrected chi connectivity index (χ2v) is 3.21. The van der Waals surface area contributed by atoms with Crippen LogP contribution in [0.1, 0.15) is 19.8 Å².